The molecule has 2 rings (SSSR count). The van der Waals surface area contributed by atoms with Gasteiger partial charge in [0.05, 0.1) is 6.04 Å². The average molecular weight is 310 g/mol. The summed E-state index contributed by atoms with van der Waals surface area (Å²) in [6, 6.07) is 10.6. The zero-order valence-corrected chi connectivity index (χ0v) is 12.4. The summed E-state index contributed by atoms with van der Waals surface area (Å²) in [7, 11) is 0. The molecule has 0 saturated carbocycles. The smallest absolute Gasteiger partial charge is 0.0657 e. The Hall–Kier alpha value is -0.640. The first kappa shape index (κ1) is 12.8. The van der Waals surface area contributed by atoms with Crippen molar-refractivity contribution in [1.29, 1.82) is 0 Å². The predicted octanol–water partition coefficient (Wildman–Crippen LogP) is 4.43. The lowest BCUT2D eigenvalue weighted by Crippen LogP contribution is -2.11. The second-order valence-corrected chi connectivity index (χ2v) is 6.21. The fourth-order valence-corrected chi connectivity index (χ4v) is 3.27. The molecule has 2 aromatic rings. The Morgan fingerprint density at radius 1 is 1.29 bits per heavy atom. The lowest BCUT2D eigenvalue weighted by Gasteiger charge is -2.13. The first-order chi connectivity index (χ1) is 8.11. The van der Waals surface area contributed by atoms with Crippen LogP contribution in [0.3, 0.4) is 0 Å². The molecule has 1 unspecified atom stereocenters. The number of aryl methyl sites for hydroxylation is 2. The summed E-state index contributed by atoms with van der Waals surface area (Å²) >= 11 is 5.38. The molecule has 0 aliphatic rings. The fraction of sp³-hybridized carbons (Fsp3) is 0.286. The van der Waals surface area contributed by atoms with Gasteiger partial charge in [-0.15, -0.1) is 11.3 Å². The van der Waals surface area contributed by atoms with Crippen LogP contribution in [0.15, 0.2) is 34.8 Å². The summed E-state index contributed by atoms with van der Waals surface area (Å²) in [6.07, 6.45) is 1.08. The van der Waals surface area contributed by atoms with E-state index in [1.165, 1.54) is 15.3 Å². The van der Waals surface area contributed by atoms with Crippen LogP contribution in [0.25, 0.3) is 0 Å². The van der Waals surface area contributed by atoms with E-state index < -0.39 is 0 Å². The van der Waals surface area contributed by atoms with Crippen molar-refractivity contribution >= 4 is 27.3 Å². The van der Waals surface area contributed by atoms with Crippen molar-refractivity contribution in [3.05, 3.63) is 55.7 Å². The third-order valence-corrected chi connectivity index (χ3v) is 4.86. The quantitative estimate of drug-likeness (QED) is 0.891. The van der Waals surface area contributed by atoms with Crippen molar-refractivity contribution in [3.63, 3.8) is 0 Å². The van der Waals surface area contributed by atoms with Gasteiger partial charge in [-0.1, -0.05) is 40.5 Å². The second kappa shape index (κ2) is 5.34. The van der Waals surface area contributed by atoms with Crippen LogP contribution >= 0.6 is 27.3 Å². The number of thiophene rings is 1. The second-order valence-electron chi connectivity index (χ2n) is 4.16. The molecule has 1 nitrogen and oxygen atoms in total. The summed E-state index contributed by atoms with van der Waals surface area (Å²) in [4.78, 5) is 2.62. The Balaban J connectivity index is 2.35. The minimum Gasteiger partial charge on any atom is -0.320 e. The van der Waals surface area contributed by atoms with Crippen LogP contribution in [0.5, 0.6) is 0 Å². The summed E-state index contributed by atoms with van der Waals surface area (Å²) < 4.78 is 1.09. The number of nitrogens with two attached hydrogens (primary N) is 1. The highest BCUT2D eigenvalue weighted by Gasteiger charge is 2.14. The van der Waals surface area contributed by atoms with Gasteiger partial charge in [0, 0.05) is 14.2 Å². The molecule has 0 aliphatic heterocycles. The van der Waals surface area contributed by atoms with Gasteiger partial charge in [0.15, 0.2) is 0 Å². The first-order valence-electron chi connectivity index (χ1n) is 5.72. The summed E-state index contributed by atoms with van der Waals surface area (Å²) in [5.74, 6) is 0. The van der Waals surface area contributed by atoms with Gasteiger partial charge in [0.2, 0.25) is 0 Å². The highest BCUT2D eigenvalue weighted by Crippen LogP contribution is 2.31. The van der Waals surface area contributed by atoms with Crippen molar-refractivity contribution in [2.75, 3.05) is 0 Å². The molecule has 1 atom stereocenters. The van der Waals surface area contributed by atoms with Crippen LogP contribution < -0.4 is 5.73 Å². The maximum atomic E-state index is 6.33. The van der Waals surface area contributed by atoms with E-state index in [2.05, 4.69) is 60.1 Å². The highest BCUT2D eigenvalue weighted by molar-refractivity contribution is 9.10. The Morgan fingerprint density at radius 3 is 2.71 bits per heavy atom. The van der Waals surface area contributed by atoms with Gasteiger partial charge in [-0.05, 0) is 37.1 Å². The van der Waals surface area contributed by atoms with Gasteiger partial charge >= 0.3 is 0 Å². The molecule has 0 saturated heterocycles. The van der Waals surface area contributed by atoms with E-state index in [4.69, 9.17) is 5.73 Å². The van der Waals surface area contributed by atoms with E-state index in [0.717, 1.165) is 16.5 Å². The topological polar surface area (TPSA) is 26.0 Å². The number of halogens is 1. The number of hydrogen-bond acceptors (Lipinski definition) is 2. The Labute approximate surface area is 115 Å². The SMILES string of the molecule is CCc1ccc(C(N)c2cc(C)ccc2Br)s1. The maximum Gasteiger partial charge on any atom is 0.0657 e. The Kier molecular flexibility index (Phi) is 4.02. The summed E-state index contributed by atoms with van der Waals surface area (Å²) in [5, 5.41) is 0. The Morgan fingerprint density at radius 2 is 2.06 bits per heavy atom. The van der Waals surface area contributed by atoms with E-state index in [-0.39, 0.29) is 6.04 Å². The third-order valence-electron chi connectivity index (χ3n) is 2.82. The highest BCUT2D eigenvalue weighted by atomic mass is 79.9. The molecule has 0 amide bonds. The van der Waals surface area contributed by atoms with Crippen molar-refractivity contribution in [2.45, 2.75) is 26.3 Å². The lowest BCUT2D eigenvalue weighted by atomic mass is 10.0. The lowest BCUT2D eigenvalue weighted by molar-refractivity contribution is 0.885. The fourth-order valence-electron chi connectivity index (χ4n) is 1.81. The van der Waals surface area contributed by atoms with E-state index in [1.54, 1.807) is 11.3 Å². The van der Waals surface area contributed by atoms with Gasteiger partial charge < -0.3 is 5.73 Å². The summed E-state index contributed by atoms with van der Waals surface area (Å²) in [6.45, 7) is 4.26. The molecule has 1 heterocycles. The van der Waals surface area contributed by atoms with E-state index in [9.17, 15) is 0 Å². The number of hydrogen-bond donors (Lipinski definition) is 1. The molecule has 0 radical (unpaired) electrons. The van der Waals surface area contributed by atoms with E-state index >= 15 is 0 Å². The molecule has 17 heavy (non-hydrogen) atoms. The van der Waals surface area contributed by atoms with Crippen molar-refractivity contribution in [1.82, 2.24) is 0 Å². The van der Waals surface area contributed by atoms with Crippen LogP contribution in [-0.2, 0) is 6.42 Å². The van der Waals surface area contributed by atoms with Crippen LogP contribution in [0.4, 0.5) is 0 Å². The van der Waals surface area contributed by atoms with E-state index in [0.29, 0.717) is 0 Å². The molecule has 1 aromatic heterocycles. The van der Waals surface area contributed by atoms with Crippen molar-refractivity contribution < 1.29 is 0 Å². The molecule has 1 aromatic carbocycles. The normalized spacial score (nSPS) is 12.7. The third kappa shape index (κ3) is 2.79. The van der Waals surface area contributed by atoms with Gasteiger partial charge in [-0.3, -0.25) is 0 Å². The number of rotatable bonds is 3. The molecule has 90 valence electrons. The minimum absolute atomic E-state index is 0.0328. The molecule has 0 aliphatic carbocycles. The monoisotopic (exact) mass is 309 g/mol. The molecule has 3 heteroatoms. The van der Waals surface area contributed by atoms with Gasteiger partial charge in [-0.2, -0.15) is 0 Å². The van der Waals surface area contributed by atoms with Crippen LogP contribution in [-0.4, -0.2) is 0 Å². The molecule has 0 fully saturated rings. The van der Waals surface area contributed by atoms with Gasteiger partial charge in [0.25, 0.3) is 0 Å². The van der Waals surface area contributed by atoms with Crippen molar-refractivity contribution in [2.24, 2.45) is 5.73 Å². The standard InChI is InChI=1S/C14H16BrNS/c1-3-10-5-7-13(17-10)14(16)11-8-9(2)4-6-12(11)15/h4-8,14H,3,16H2,1-2H3. The largest absolute Gasteiger partial charge is 0.320 e. The first-order valence-corrected chi connectivity index (χ1v) is 7.33. The van der Waals surface area contributed by atoms with Gasteiger partial charge in [-0.25, -0.2) is 0 Å². The molecular formula is C14H16BrNS. The van der Waals surface area contributed by atoms with Crippen LogP contribution in [0.1, 0.15) is 33.8 Å². The summed E-state index contributed by atoms with van der Waals surface area (Å²) in [5.41, 5.74) is 8.74. The zero-order valence-electron chi connectivity index (χ0n) is 10.0. The minimum atomic E-state index is -0.0328. The molecule has 0 spiro atoms. The molecule has 0 bridgehead atoms. The maximum absolute atomic E-state index is 6.33. The van der Waals surface area contributed by atoms with Crippen molar-refractivity contribution in [3.8, 4) is 0 Å². The average Bonchev–Trinajstić information content (AvgIpc) is 2.80. The number of benzene rings is 1. The Bertz CT molecular complexity index is 519. The molecule has 2 N–H and O–H groups in total. The van der Waals surface area contributed by atoms with Crippen LogP contribution in [0.2, 0.25) is 0 Å². The van der Waals surface area contributed by atoms with Gasteiger partial charge in [0.1, 0.15) is 0 Å². The van der Waals surface area contributed by atoms with Crippen LogP contribution in [0, 0.1) is 6.92 Å². The van der Waals surface area contributed by atoms with E-state index in [1.807, 2.05) is 0 Å². The molecular weight excluding hydrogens is 294 g/mol. The predicted molar refractivity (Wildman–Crippen MR) is 78.6 cm³/mol. The zero-order chi connectivity index (χ0) is 12.4.